The fourth-order valence-electron chi connectivity index (χ4n) is 4.47. The predicted molar refractivity (Wildman–Crippen MR) is 144 cm³/mol. The minimum atomic E-state index is -0.280. The largest absolute Gasteiger partial charge is 0.368 e. The van der Waals surface area contributed by atoms with Crippen molar-refractivity contribution in [1.82, 2.24) is 14.5 Å². The van der Waals surface area contributed by atoms with E-state index in [1.165, 1.54) is 10.8 Å². The molecule has 192 valence electrons. The van der Waals surface area contributed by atoms with E-state index in [9.17, 15) is 9.59 Å². The van der Waals surface area contributed by atoms with Gasteiger partial charge in [0.15, 0.2) is 0 Å². The zero-order valence-corrected chi connectivity index (χ0v) is 21.4. The number of amides is 2. The Morgan fingerprint density at radius 1 is 1.08 bits per heavy atom. The Kier molecular flexibility index (Phi) is 7.81. The molecular weight excluding hydrogens is 466 g/mol. The molecule has 3 aromatic rings. The van der Waals surface area contributed by atoms with E-state index in [2.05, 4.69) is 15.6 Å². The number of carbonyl (C=O) groups is 2. The average molecular weight is 500 g/mol. The number of carbonyl (C=O) groups excluding carboxylic acids is 2. The summed E-state index contributed by atoms with van der Waals surface area (Å²) in [4.78, 5) is 32.2. The van der Waals surface area contributed by atoms with Crippen molar-refractivity contribution in [2.45, 2.75) is 45.6 Å². The van der Waals surface area contributed by atoms with Crippen molar-refractivity contribution < 1.29 is 9.59 Å². The number of nitrogens with one attached hydrogen (secondary N) is 4. The second-order valence-corrected chi connectivity index (χ2v) is 9.67. The van der Waals surface area contributed by atoms with Crippen molar-refractivity contribution in [3.63, 3.8) is 0 Å². The smallest absolute Gasteiger partial charge is 0.257 e. The molecule has 0 saturated carbocycles. The number of nitrogens with zero attached hydrogens (tertiary/aromatic N) is 3. The minimum absolute atomic E-state index is 0.0595. The van der Waals surface area contributed by atoms with Gasteiger partial charge in [0.2, 0.25) is 0 Å². The third kappa shape index (κ3) is 6.11. The molecule has 0 aliphatic carbocycles. The number of aryl methyl sites for hydroxylation is 1. The van der Waals surface area contributed by atoms with Gasteiger partial charge in [-0.1, -0.05) is 12.1 Å². The summed E-state index contributed by atoms with van der Waals surface area (Å²) in [5.41, 5.74) is 3.79. The summed E-state index contributed by atoms with van der Waals surface area (Å²) < 4.78 is 1.49. The molecule has 0 spiro atoms. The molecule has 1 aromatic carbocycles. The normalized spacial score (nSPS) is 13.9. The summed E-state index contributed by atoms with van der Waals surface area (Å²) in [6.45, 7) is 7.18. The van der Waals surface area contributed by atoms with Crippen LogP contribution in [0.25, 0.3) is 0 Å². The summed E-state index contributed by atoms with van der Waals surface area (Å²) in [6, 6.07) is 12.8. The van der Waals surface area contributed by atoms with E-state index >= 15 is 0 Å². The summed E-state index contributed by atoms with van der Waals surface area (Å²) in [6.07, 6.45) is 6.12. The number of piperidine rings is 1. The van der Waals surface area contributed by atoms with E-state index in [1.807, 2.05) is 44.0 Å². The van der Waals surface area contributed by atoms with E-state index in [1.54, 1.807) is 30.3 Å². The number of likely N-dealkylation sites (tertiary alicyclic amines) is 1. The first-order valence-corrected chi connectivity index (χ1v) is 12.5. The SMILES string of the molecule is Cc1ccc(C(=O)N2CCC(c3ccc(=N)n(C=N)c3)CC2)cc1NC(=O)c1ccc(NC(C)C)nc1. The third-order valence-electron chi connectivity index (χ3n) is 6.59. The quantitative estimate of drug-likeness (QED) is 0.287. The standard InChI is InChI=1S/C28H33N7O2/c1-18(2)32-26-9-7-22(15-31-26)27(36)33-24-14-21(5-4-19(24)3)28(37)34-12-10-20(11-13-34)23-6-8-25(30)35(16-23)17-29/h4-9,14-18,20,29-30H,10-13H2,1-3H3,(H,31,32)(H,33,36). The van der Waals surface area contributed by atoms with Crippen LogP contribution in [-0.2, 0) is 0 Å². The maximum atomic E-state index is 13.3. The van der Waals surface area contributed by atoms with Gasteiger partial charge in [-0.05, 0) is 81.0 Å². The second kappa shape index (κ2) is 11.2. The fraction of sp³-hybridized carbons (Fsp3) is 0.321. The van der Waals surface area contributed by atoms with Gasteiger partial charge in [-0.25, -0.2) is 4.98 Å². The predicted octanol–water partition coefficient (Wildman–Crippen LogP) is 4.22. The molecule has 1 aliphatic heterocycles. The highest BCUT2D eigenvalue weighted by Gasteiger charge is 2.25. The van der Waals surface area contributed by atoms with E-state index in [0.717, 1.165) is 30.3 Å². The number of pyridine rings is 2. The number of benzene rings is 1. The van der Waals surface area contributed by atoms with Crippen LogP contribution < -0.4 is 16.1 Å². The Hall–Kier alpha value is -4.27. The molecule has 3 heterocycles. The number of hydrogen-bond donors (Lipinski definition) is 4. The maximum Gasteiger partial charge on any atom is 0.257 e. The summed E-state index contributed by atoms with van der Waals surface area (Å²) in [5, 5.41) is 21.4. The zero-order valence-electron chi connectivity index (χ0n) is 21.4. The van der Waals surface area contributed by atoms with Gasteiger partial charge in [-0.2, -0.15) is 0 Å². The lowest BCUT2D eigenvalue weighted by molar-refractivity contribution is 0.0712. The molecule has 0 bridgehead atoms. The third-order valence-corrected chi connectivity index (χ3v) is 6.59. The van der Waals surface area contributed by atoms with Crippen LogP contribution >= 0.6 is 0 Å². The maximum absolute atomic E-state index is 13.3. The topological polar surface area (TPSA) is 127 Å². The highest BCUT2D eigenvalue weighted by atomic mass is 16.2. The summed E-state index contributed by atoms with van der Waals surface area (Å²) in [5.74, 6) is 0.648. The average Bonchev–Trinajstić information content (AvgIpc) is 2.90. The molecule has 37 heavy (non-hydrogen) atoms. The van der Waals surface area contributed by atoms with Gasteiger partial charge in [0.25, 0.3) is 11.8 Å². The van der Waals surface area contributed by atoms with Gasteiger partial charge in [-0.3, -0.25) is 25.0 Å². The molecule has 2 amide bonds. The van der Waals surface area contributed by atoms with Gasteiger partial charge >= 0.3 is 0 Å². The minimum Gasteiger partial charge on any atom is -0.368 e. The Bertz CT molecular complexity index is 1350. The second-order valence-electron chi connectivity index (χ2n) is 9.67. The highest BCUT2D eigenvalue weighted by molar-refractivity contribution is 6.05. The first kappa shape index (κ1) is 25.8. The lowest BCUT2D eigenvalue weighted by Crippen LogP contribution is -2.38. The first-order chi connectivity index (χ1) is 17.7. The lowest BCUT2D eigenvalue weighted by atomic mass is 9.90. The van der Waals surface area contributed by atoms with Gasteiger partial charge in [0.1, 0.15) is 11.3 Å². The van der Waals surface area contributed by atoms with Crippen molar-refractivity contribution in [3.8, 4) is 0 Å². The summed E-state index contributed by atoms with van der Waals surface area (Å²) in [7, 11) is 0. The molecular formula is C28H33N7O2. The van der Waals surface area contributed by atoms with Gasteiger partial charge in [-0.15, -0.1) is 0 Å². The van der Waals surface area contributed by atoms with Crippen molar-refractivity contribution in [3.05, 3.63) is 82.6 Å². The highest BCUT2D eigenvalue weighted by Crippen LogP contribution is 2.28. The van der Waals surface area contributed by atoms with Crippen molar-refractivity contribution in [2.24, 2.45) is 0 Å². The van der Waals surface area contributed by atoms with Crippen LogP contribution in [-0.4, -0.2) is 51.7 Å². The van der Waals surface area contributed by atoms with Crippen molar-refractivity contribution >= 4 is 29.7 Å². The Balaban J connectivity index is 1.41. The van der Waals surface area contributed by atoms with Crippen LogP contribution in [0, 0.1) is 17.7 Å². The lowest BCUT2D eigenvalue weighted by Gasteiger charge is -2.32. The summed E-state index contributed by atoms with van der Waals surface area (Å²) >= 11 is 0. The Morgan fingerprint density at radius 2 is 1.81 bits per heavy atom. The van der Waals surface area contributed by atoms with Gasteiger partial charge < -0.3 is 15.5 Å². The van der Waals surface area contributed by atoms with Crippen LogP contribution in [0.15, 0.2) is 54.9 Å². The monoisotopic (exact) mass is 499 g/mol. The zero-order chi connectivity index (χ0) is 26.5. The van der Waals surface area contributed by atoms with Gasteiger partial charge in [0.05, 0.1) is 11.9 Å². The number of anilines is 2. The Morgan fingerprint density at radius 3 is 2.46 bits per heavy atom. The van der Waals surface area contributed by atoms with Crippen LogP contribution in [0.2, 0.25) is 0 Å². The van der Waals surface area contributed by atoms with E-state index in [0.29, 0.717) is 35.7 Å². The molecule has 9 heteroatoms. The number of hydrogen-bond acceptors (Lipinski definition) is 6. The molecule has 4 N–H and O–H groups in total. The fourth-order valence-corrected chi connectivity index (χ4v) is 4.47. The van der Waals surface area contributed by atoms with Crippen molar-refractivity contribution in [1.29, 1.82) is 10.8 Å². The van der Waals surface area contributed by atoms with Crippen LogP contribution in [0.5, 0.6) is 0 Å². The molecule has 1 fully saturated rings. The molecule has 0 atom stereocenters. The molecule has 4 rings (SSSR count). The first-order valence-electron chi connectivity index (χ1n) is 12.5. The van der Waals surface area contributed by atoms with Gasteiger partial charge in [0, 0.05) is 42.8 Å². The molecule has 1 saturated heterocycles. The van der Waals surface area contributed by atoms with E-state index in [4.69, 9.17) is 10.8 Å². The molecule has 0 unspecified atom stereocenters. The van der Waals surface area contributed by atoms with E-state index in [-0.39, 0.29) is 29.3 Å². The van der Waals surface area contributed by atoms with Crippen LogP contribution in [0.4, 0.5) is 11.5 Å². The van der Waals surface area contributed by atoms with E-state index < -0.39 is 0 Å². The van der Waals surface area contributed by atoms with Crippen LogP contribution in [0.3, 0.4) is 0 Å². The number of aromatic nitrogens is 2. The number of rotatable bonds is 7. The van der Waals surface area contributed by atoms with Crippen molar-refractivity contribution in [2.75, 3.05) is 23.7 Å². The molecule has 0 radical (unpaired) electrons. The Labute approximate surface area is 216 Å². The van der Waals surface area contributed by atoms with Crippen LogP contribution in [0.1, 0.15) is 64.4 Å². The molecule has 9 nitrogen and oxygen atoms in total. The molecule has 1 aliphatic rings. The molecule has 2 aromatic heterocycles.